The van der Waals surface area contributed by atoms with Gasteiger partial charge in [-0.2, -0.15) is 5.10 Å². The van der Waals surface area contributed by atoms with Crippen molar-refractivity contribution >= 4 is 5.91 Å². The van der Waals surface area contributed by atoms with E-state index < -0.39 is 0 Å². The molecule has 1 heterocycles. The van der Waals surface area contributed by atoms with Gasteiger partial charge in [-0.1, -0.05) is 19.3 Å². The zero-order chi connectivity index (χ0) is 16.6. The van der Waals surface area contributed by atoms with Crippen LogP contribution in [0.5, 0.6) is 0 Å². The number of amides is 1. The first-order chi connectivity index (χ1) is 11.8. The molecule has 6 heteroatoms. The smallest absolute Gasteiger partial charge is 0.251 e. The number of benzene rings is 1. The molecule has 0 unspecified atom stereocenters. The number of aromatic nitrogens is 3. The second kappa shape index (κ2) is 8.59. The second-order valence-corrected chi connectivity index (χ2v) is 6.13. The molecular formula is C18H24N4O2. The first-order valence-electron chi connectivity index (χ1n) is 8.68. The molecular weight excluding hydrogens is 304 g/mol. The molecule has 128 valence electrons. The number of hydrogen-bond acceptors (Lipinski definition) is 4. The van der Waals surface area contributed by atoms with Crippen LogP contribution in [0.25, 0.3) is 5.69 Å². The average Bonchev–Trinajstić information content (AvgIpc) is 3.17. The predicted octanol–water partition coefficient (Wildman–Crippen LogP) is 2.74. The Kier molecular flexibility index (Phi) is 5.96. The first-order valence-corrected chi connectivity index (χ1v) is 8.68. The Bertz CT molecular complexity index is 619. The van der Waals surface area contributed by atoms with Crippen molar-refractivity contribution in [3.63, 3.8) is 0 Å². The quantitative estimate of drug-likeness (QED) is 0.794. The summed E-state index contributed by atoms with van der Waals surface area (Å²) < 4.78 is 7.52. The molecule has 1 amide bonds. The second-order valence-electron chi connectivity index (χ2n) is 6.13. The lowest BCUT2D eigenvalue weighted by atomic mass is 9.98. The van der Waals surface area contributed by atoms with Crippen molar-refractivity contribution in [2.45, 2.75) is 44.6 Å². The van der Waals surface area contributed by atoms with Crippen molar-refractivity contribution in [3.05, 3.63) is 42.5 Å². The van der Waals surface area contributed by atoms with Crippen LogP contribution < -0.4 is 5.32 Å². The van der Waals surface area contributed by atoms with Crippen molar-refractivity contribution in [2.24, 2.45) is 0 Å². The molecule has 1 aliphatic carbocycles. The molecule has 6 nitrogen and oxygen atoms in total. The summed E-state index contributed by atoms with van der Waals surface area (Å²) in [7, 11) is 0. The zero-order valence-corrected chi connectivity index (χ0v) is 13.9. The standard InChI is InChI=1S/C18H24N4O2/c23-18(20-11-4-12-24-17-5-2-1-3-6-17)15-7-9-16(10-8-15)22-14-19-13-21-22/h7-10,13-14,17H,1-6,11-12H2,(H,20,23). The van der Waals surface area contributed by atoms with Crippen LogP contribution in [0.2, 0.25) is 0 Å². The Morgan fingerprint density at radius 3 is 2.71 bits per heavy atom. The van der Waals surface area contributed by atoms with E-state index in [-0.39, 0.29) is 5.91 Å². The van der Waals surface area contributed by atoms with Crippen LogP contribution in [0.1, 0.15) is 48.9 Å². The van der Waals surface area contributed by atoms with Gasteiger partial charge in [0.15, 0.2) is 0 Å². The number of nitrogens with zero attached hydrogens (tertiary/aromatic N) is 3. The highest BCUT2D eigenvalue weighted by Crippen LogP contribution is 2.20. The summed E-state index contributed by atoms with van der Waals surface area (Å²) in [4.78, 5) is 16.0. The van der Waals surface area contributed by atoms with Crippen LogP contribution in [0.3, 0.4) is 0 Å². The van der Waals surface area contributed by atoms with Crippen molar-refractivity contribution in [3.8, 4) is 5.69 Å². The van der Waals surface area contributed by atoms with Crippen LogP contribution in [0.15, 0.2) is 36.9 Å². The summed E-state index contributed by atoms with van der Waals surface area (Å²) in [5.74, 6) is -0.0576. The van der Waals surface area contributed by atoms with Crippen LogP contribution >= 0.6 is 0 Å². The zero-order valence-electron chi connectivity index (χ0n) is 13.9. The van der Waals surface area contributed by atoms with Gasteiger partial charge in [0.1, 0.15) is 12.7 Å². The summed E-state index contributed by atoms with van der Waals surface area (Å²) in [6.45, 7) is 1.35. The molecule has 1 fully saturated rings. The lowest BCUT2D eigenvalue weighted by Crippen LogP contribution is -2.26. The molecule has 0 radical (unpaired) electrons. The Labute approximate surface area is 142 Å². The van der Waals surface area contributed by atoms with Gasteiger partial charge in [-0.3, -0.25) is 4.79 Å². The minimum Gasteiger partial charge on any atom is -0.378 e. The van der Waals surface area contributed by atoms with Crippen molar-refractivity contribution in [1.82, 2.24) is 20.1 Å². The number of ether oxygens (including phenoxy) is 1. The number of hydrogen-bond donors (Lipinski definition) is 1. The molecule has 0 aliphatic heterocycles. The average molecular weight is 328 g/mol. The Balaban J connectivity index is 1.37. The lowest BCUT2D eigenvalue weighted by Gasteiger charge is -2.21. The van der Waals surface area contributed by atoms with Crippen LogP contribution in [-0.4, -0.2) is 39.9 Å². The molecule has 1 aromatic carbocycles. The maximum absolute atomic E-state index is 12.1. The molecule has 2 aromatic rings. The SMILES string of the molecule is O=C(NCCCOC1CCCCC1)c1ccc(-n2cncn2)cc1. The third kappa shape index (κ3) is 4.64. The van der Waals surface area contributed by atoms with Gasteiger partial charge >= 0.3 is 0 Å². The number of rotatable bonds is 7. The van der Waals surface area contributed by atoms with Gasteiger partial charge in [0, 0.05) is 18.7 Å². The fourth-order valence-corrected chi connectivity index (χ4v) is 2.97. The summed E-state index contributed by atoms with van der Waals surface area (Å²) in [5, 5.41) is 7.00. The van der Waals surface area contributed by atoms with Gasteiger partial charge in [0.25, 0.3) is 5.91 Å². The minimum absolute atomic E-state index is 0.0576. The van der Waals surface area contributed by atoms with E-state index in [1.54, 1.807) is 23.1 Å². The number of carbonyl (C=O) groups is 1. The van der Waals surface area contributed by atoms with Gasteiger partial charge in [-0.25, -0.2) is 9.67 Å². The molecule has 1 aromatic heterocycles. The molecule has 1 saturated carbocycles. The predicted molar refractivity (Wildman–Crippen MR) is 91.1 cm³/mol. The monoisotopic (exact) mass is 328 g/mol. The maximum atomic E-state index is 12.1. The molecule has 0 saturated heterocycles. The van der Waals surface area contributed by atoms with Crippen molar-refractivity contribution in [1.29, 1.82) is 0 Å². The molecule has 0 atom stereocenters. The van der Waals surface area contributed by atoms with Crippen LogP contribution in [-0.2, 0) is 4.74 Å². The third-order valence-corrected chi connectivity index (χ3v) is 4.33. The van der Waals surface area contributed by atoms with E-state index in [2.05, 4.69) is 15.4 Å². The number of carbonyl (C=O) groups excluding carboxylic acids is 1. The van der Waals surface area contributed by atoms with E-state index >= 15 is 0 Å². The largest absolute Gasteiger partial charge is 0.378 e. The van der Waals surface area contributed by atoms with Crippen LogP contribution in [0, 0.1) is 0 Å². The summed E-state index contributed by atoms with van der Waals surface area (Å²) in [6.07, 6.45) is 10.7. The van der Waals surface area contributed by atoms with Gasteiger partial charge in [-0.15, -0.1) is 0 Å². The topological polar surface area (TPSA) is 69.0 Å². The minimum atomic E-state index is -0.0576. The van der Waals surface area contributed by atoms with Crippen molar-refractivity contribution in [2.75, 3.05) is 13.2 Å². The first kappa shape index (κ1) is 16.6. The van der Waals surface area contributed by atoms with E-state index in [0.29, 0.717) is 18.2 Å². The summed E-state index contributed by atoms with van der Waals surface area (Å²) in [5.41, 5.74) is 1.52. The van der Waals surface area contributed by atoms with Crippen molar-refractivity contribution < 1.29 is 9.53 Å². The number of nitrogens with one attached hydrogen (secondary N) is 1. The molecule has 0 spiro atoms. The van der Waals surface area contributed by atoms with Crippen LogP contribution in [0.4, 0.5) is 0 Å². The highest BCUT2D eigenvalue weighted by atomic mass is 16.5. The summed E-state index contributed by atoms with van der Waals surface area (Å²) >= 11 is 0. The highest BCUT2D eigenvalue weighted by molar-refractivity contribution is 5.94. The molecule has 0 bridgehead atoms. The van der Waals surface area contributed by atoms with Gasteiger partial charge < -0.3 is 10.1 Å². The fraction of sp³-hybridized carbons (Fsp3) is 0.500. The molecule has 1 N–H and O–H groups in total. The lowest BCUT2D eigenvalue weighted by molar-refractivity contribution is 0.0273. The third-order valence-electron chi connectivity index (χ3n) is 4.33. The Hall–Kier alpha value is -2.21. The molecule has 24 heavy (non-hydrogen) atoms. The van der Waals surface area contributed by atoms with E-state index in [9.17, 15) is 4.79 Å². The molecule has 1 aliphatic rings. The fourth-order valence-electron chi connectivity index (χ4n) is 2.97. The van der Waals surface area contributed by atoms with Gasteiger partial charge in [-0.05, 0) is 43.5 Å². The normalized spacial score (nSPS) is 15.3. The van der Waals surface area contributed by atoms with E-state index in [1.165, 1.54) is 38.4 Å². The van der Waals surface area contributed by atoms with Gasteiger partial charge in [0.2, 0.25) is 0 Å². The Morgan fingerprint density at radius 1 is 1.21 bits per heavy atom. The summed E-state index contributed by atoms with van der Waals surface area (Å²) in [6, 6.07) is 7.31. The van der Waals surface area contributed by atoms with Gasteiger partial charge in [0.05, 0.1) is 11.8 Å². The van der Waals surface area contributed by atoms with E-state index in [0.717, 1.165) is 18.7 Å². The highest BCUT2D eigenvalue weighted by Gasteiger charge is 2.13. The molecule has 3 rings (SSSR count). The maximum Gasteiger partial charge on any atom is 0.251 e. The van der Waals surface area contributed by atoms with E-state index in [1.807, 2.05) is 12.1 Å². The van der Waals surface area contributed by atoms with E-state index in [4.69, 9.17) is 4.74 Å². The Morgan fingerprint density at radius 2 is 2.00 bits per heavy atom.